The molecule has 28 heavy (non-hydrogen) atoms. The number of nitrogens with zero attached hydrogens (tertiary/aromatic N) is 3. The number of carbonyl (C=O) groups is 1. The molecule has 0 spiro atoms. The lowest BCUT2D eigenvalue weighted by Gasteiger charge is -2.30. The largest absolute Gasteiger partial charge is 0.396 e. The SMILES string of the molecule is CC(C)Nc1ncc2c(n1)CN(C(=O)N[C@H](CCO)c1ccc(Cl)cc1)CC2. The molecule has 1 aliphatic heterocycles. The number of amides is 2. The van der Waals surface area contributed by atoms with E-state index in [0.29, 0.717) is 30.5 Å². The van der Waals surface area contributed by atoms with Crippen molar-refractivity contribution in [1.29, 1.82) is 0 Å². The maximum absolute atomic E-state index is 12.8. The van der Waals surface area contributed by atoms with Gasteiger partial charge in [0.1, 0.15) is 0 Å². The van der Waals surface area contributed by atoms with Gasteiger partial charge in [0.15, 0.2) is 0 Å². The number of urea groups is 1. The van der Waals surface area contributed by atoms with Crippen LogP contribution in [0.15, 0.2) is 30.5 Å². The highest BCUT2D eigenvalue weighted by molar-refractivity contribution is 6.30. The molecule has 0 bridgehead atoms. The molecular formula is C20H26ClN5O2. The van der Waals surface area contributed by atoms with Gasteiger partial charge in [0, 0.05) is 30.4 Å². The van der Waals surface area contributed by atoms with E-state index in [-0.39, 0.29) is 24.7 Å². The lowest BCUT2D eigenvalue weighted by Crippen LogP contribution is -2.44. The number of benzene rings is 1. The first-order valence-electron chi connectivity index (χ1n) is 9.49. The number of halogens is 1. The molecule has 2 heterocycles. The summed E-state index contributed by atoms with van der Waals surface area (Å²) in [5, 5.41) is 16.2. The van der Waals surface area contributed by atoms with Crippen LogP contribution in [-0.4, -0.2) is 45.2 Å². The summed E-state index contributed by atoms with van der Waals surface area (Å²) in [5.74, 6) is 0.579. The third-order valence-electron chi connectivity index (χ3n) is 4.64. The van der Waals surface area contributed by atoms with Crippen LogP contribution in [0.4, 0.5) is 10.7 Å². The molecule has 2 aromatic rings. The predicted molar refractivity (Wildman–Crippen MR) is 109 cm³/mol. The van der Waals surface area contributed by atoms with Gasteiger partial charge in [-0.25, -0.2) is 14.8 Å². The lowest BCUT2D eigenvalue weighted by atomic mass is 10.0. The molecule has 2 amide bonds. The molecule has 150 valence electrons. The summed E-state index contributed by atoms with van der Waals surface area (Å²) in [6.07, 6.45) is 2.99. The van der Waals surface area contributed by atoms with Crippen molar-refractivity contribution in [2.75, 3.05) is 18.5 Å². The average molecular weight is 404 g/mol. The quantitative estimate of drug-likeness (QED) is 0.689. The van der Waals surface area contributed by atoms with Crippen molar-refractivity contribution in [2.45, 2.75) is 45.3 Å². The number of fused-ring (bicyclic) bond motifs is 1. The number of hydrogen-bond donors (Lipinski definition) is 3. The third kappa shape index (κ3) is 5.11. The van der Waals surface area contributed by atoms with Gasteiger partial charge in [-0.05, 0) is 49.9 Å². The summed E-state index contributed by atoms with van der Waals surface area (Å²) in [6, 6.07) is 7.09. The summed E-state index contributed by atoms with van der Waals surface area (Å²) in [4.78, 5) is 23.5. The van der Waals surface area contributed by atoms with Crippen molar-refractivity contribution in [3.05, 3.63) is 52.3 Å². The van der Waals surface area contributed by atoms with Crippen molar-refractivity contribution in [3.63, 3.8) is 0 Å². The van der Waals surface area contributed by atoms with Crippen molar-refractivity contribution in [2.24, 2.45) is 0 Å². The Morgan fingerprint density at radius 2 is 2.07 bits per heavy atom. The molecule has 0 saturated carbocycles. The van der Waals surface area contributed by atoms with Crippen LogP contribution in [0.25, 0.3) is 0 Å². The summed E-state index contributed by atoms with van der Waals surface area (Å²) < 4.78 is 0. The standard InChI is InChI=1S/C20H26ClN5O2/c1-13(2)23-19-22-11-15-7-9-26(12-18(15)24-19)20(28)25-17(8-10-27)14-3-5-16(21)6-4-14/h3-6,11,13,17,27H,7-10,12H2,1-2H3,(H,25,28)(H,22,23,24)/t17-/m1/s1. The normalized spacial score (nSPS) is 14.5. The van der Waals surface area contributed by atoms with Crippen LogP contribution in [0.3, 0.4) is 0 Å². The molecule has 7 nitrogen and oxygen atoms in total. The maximum Gasteiger partial charge on any atom is 0.318 e. The van der Waals surface area contributed by atoms with Crippen LogP contribution < -0.4 is 10.6 Å². The molecule has 1 aromatic carbocycles. The molecule has 0 unspecified atom stereocenters. The Kier molecular flexibility index (Phi) is 6.70. The highest BCUT2D eigenvalue weighted by atomic mass is 35.5. The Balaban J connectivity index is 1.69. The zero-order valence-corrected chi connectivity index (χ0v) is 16.9. The second kappa shape index (κ2) is 9.21. The second-order valence-electron chi connectivity index (χ2n) is 7.20. The minimum Gasteiger partial charge on any atom is -0.396 e. The molecule has 3 N–H and O–H groups in total. The topological polar surface area (TPSA) is 90.4 Å². The Morgan fingerprint density at radius 1 is 1.32 bits per heavy atom. The van der Waals surface area contributed by atoms with E-state index in [9.17, 15) is 9.90 Å². The van der Waals surface area contributed by atoms with Gasteiger partial charge in [-0.2, -0.15) is 0 Å². The molecule has 0 fully saturated rings. The first kappa shape index (κ1) is 20.4. The van der Waals surface area contributed by atoms with Crippen LogP contribution in [0.1, 0.15) is 43.1 Å². The van der Waals surface area contributed by atoms with Crippen LogP contribution >= 0.6 is 11.6 Å². The number of nitrogens with one attached hydrogen (secondary N) is 2. The number of rotatable bonds is 6. The fraction of sp³-hybridized carbons (Fsp3) is 0.450. The first-order valence-corrected chi connectivity index (χ1v) is 9.87. The number of anilines is 1. The van der Waals surface area contributed by atoms with Crippen molar-refractivity contribution >= 4 is 23.6 Å². The highest BCUT2D eigenvalue weighted by Gasteiger charge is 2.24. The smallest absolute Gasteiger partial charge is 0.318 e. The van der Waals surface area contributed by atoms with E-state index in [2.05, 4.69) is 20.6 Å². The highest BCUT2D eigenvalue weighted by Crippen LogP contribution is 2.22. The summed E-state index contributed by atoms with van der Waals surface area (Å²) >= 11 is 5.95. The van der Waals surface area contributed by atoms with E-state index in [4.69, 9.17) is 11.6 Å². The van der Waals surface area contributed by atoms with Gasteiger partial charge in [0.05, 0.1) is 18.3 Å². The van der Waals surface area contributed by atoms with Gasteiger partial charge in [-0.1, -0.05) is 23.7 Å². The van der Waals surface area contributed by atoms with E-state index in [0.717, 1.165) is 23.2 Å². The fourth-order valence-electron chi connectivity index (χ4n) is 3.19. The lowest BCUT2D eigenvalue weighted by molar-refractivity contribution is 0.183. The van der Waals surface area contributed by atoms with Crippen LogP contribution in [0.2, 0.25) is 5.02 Å². The Hall–Kier alpha value is -2.38. The molecule has 1 aliphatic rings. The summed E-state index contributed by atoms with van der Waals surface area (Å²) in [5.41, 5.74) is 2.85. The van der Waals surface area contributed by atoms with Gasteiger partial charge >= 0.3 is 6.03 Å². The van der Waals surface area contributed by atoms with Crippen molar-refractivity contribution < 1.29 is 9.90 Å². The van der Waals surface area contributed by atoms with Crippen LogP contribution in [-0.2, 0) is 13.0 Å². The monoisotopic (exact) mass is 403 g/mol. The van der Waals surface area contributed by atoms with Crippen molar-refractivity contribution in [1.82, 2.24) is 20.2 Å². The maximum atomic E-state index is 12.8. The Bertz CT molecular complexity index is 813. The number of hydrogen-bond acceptors (Lipinski definition) is 5. The van der Waals surface area contributed by atoms with E-state index in [1.54, 1.807) is 17.0 Å². The molecule has 3 rings (SSSR count). The van der Waals surface area contributed by atoms with E-state index >= 15 is 0 Å². The van der Waals surface area contributed by atoms with Gasteiger partial charge in [0.2, 0.25) is 5.95 Å². The van der Waals surface area contributed by atoms with Gasteiger partial charge in [-0.3, -0.25) is 0 Å². The molecule has 0 radical (unpaired) electrons. The zero-order valence-electron chi connectivity index (χ0n) is 16.2. The fourth-order valence-corrected chi connectivity index (χ4v) is 3.32. The second-order valence-corrected chi connectivity index (χ2v) is 7.64. The predicted octanol–water partition coefficient (Wildman–Crippen LogP) is 3.14. The van der Waals surface area contributed by atoms with E-state index in [1.807, 2.05) is 32.2 Å². The zero-order chi connectivity index (χ0) is 20.1. The van der Waals surface area contributed by atoms with E-state index < -0.39 is 0 Å². The molecule has 1 aromatic heterocycles. The van der Waals surface area contributed by atoms with Gasteiger partial charge in [-0.15, -0.1) is 0 Å². The van der Waals surface area contributed by atoms with Crippen LogP contribution in [0.5, 0.6) is 0 Å². The van der Waals surface area contributed by atoms with E-state index in [1.165, 1.54) is 0 Å². The third-order valence-corrected chi connectivity index (χ3v) is 4.89. The molecule has 0 aliphatic carbocycles. The first-order chi connectivity index (χ1) is 13.5. The van der Waals surface area contributed by atoms with Crippen LogP contribution in [0, 0.1) is 0 Å². The summed E-state index contributed by atoms with van der Waals surface area (Å²) in [6.45, 7) is 5.07. The number of aliphatic hydroxyl groups excluding tert-OH is 1. The molecule has 1 atom stereocenters. The number of aliphatic hydroxyl groups is 1. The number of aromatic nitrogens is 2. The minimum absolute atomic E-state index is 0.0200. The Morgan fingerprint density at radius 3 is 2.75 bits per heavy atom. The Labute approximate surface area is 170 Å². The average Bonchev–Trinajstić information content (AvgIpc) is 2.67. The molecule has 0 saturated heterocycles. The molecular weight excluding hydrogens is 378 g/mol. The minimum atomic E-state index is -0.278. The van der Waals surface area contributed by atoms with Crippen molar-refractivity contribution in [3.8, 4) is 0 Å². The number of carbonyl (C=O) groups excluding carboxylic acids is 1. The summed E-state index contributed by atoms with van der Waals surface area (Å²) in [7, 11) is 0. The molecule has 8 heteroatoms. The van der Waals surface area contributed by atoms with Gasteiger partial charge in [0.25, 0.3) is 0 Å². The van der Waals surface area contributed by atoms with Gasteiger partial charge < -0.3 is 20.6 Å².